The van der Waals surface area contributed by atoms with E-state index in [2.05, 4.69) is 37.1 Å². The Morgan fingerprint density at radius 1 is 1.39 bits per heavy atom. The number of hydrogen-bond donors (Lipinski definition) is 1. The number of benzene rings is 1. The molecule has 2 N–H and O–H groups in total. The van der Waals surface area contributed by atoms with Crippen LogP contribution >= 0.6 is 0 Å². The first-order chi connectivity index (χ1) is 8.70. The van der Waals surface area contributed by atoms with Crippen molar-refractivity contribution in [3.05, 3.63) is 29.3 Å². The Kier molecular flexibility index (Phi) is 4.61. The zero-order valence-electron chi connectivity index (χ0n) is 11.5. The highest BCUT2D eigenvalue weighted by molar-refractivity contribution is 5.54. The van der Waals surface area contributed by atoms with Gasteiger partial charge in [-0.3, -0.25) is 0 Å². The van der Waals surface area contributed by atoms with Crippen LogP contribution in [0.3, 0.4) is 0 Å². The molecule has 1 atom stereocenters. The molecular weight excluding hydrogens is 224 g/mol. The molecule has 1 aliphatic heterocycles. The van der Waals surface area contributed by atoms with Gasteiger partial charge in [0.25, 0.3) is 0 Å². The lowest BCUT2D eigenvalue weighted by atomic mass is 10.1. The molecule has 1 aliphatic rings. The number of hydrogen-bond acceptors (Lipinski definition) is 3. The summed E-state index contributed by atoms with van der Waals surface area (Å²) in [5.41, 5.74) is 9.55. The second-order valence-corrected chi connectivity index (χ2v) is 5.21. The Balaban J connectivity index is 2.05. The topological polar surface area (TPSA) is 38.5 Å². The average molecular weight is 248 g/mol. The van der Waals surface area contributed by atoms with Crippen LogP contribution < -0.4 is 10.6 Å². The Hall–Kier alpha value is -1.06. The lowest BCUT2D eigenvalue weighted by Crippen LogP contribution is -2.34. The lowest BCUT2D eigenvalue weighted by Gasteiger charge is -2.30. The summed E-state index contributed by atoms with van der Waals surface area (Å²) in [6, 6.07) is 6.49. The number of nitrogens with zero attached hydrogens (tertiary/aromatic N) is 1. The molecule has 0 bridgehead atoms. The third-order valence-electron chi connectivity index (χ3n) is 3.62. The normalized spacial score (nSPS) is 19.8. The Morgan fingerprint density at radius 3 is 2.89 bits per heavy atom. The average Bonchev–Trinajstić information content (AvgIpc) is 2.39. The maximum absolute atomic E-state index is 5.83. The van der Waals surface area contributed by atoms with E-state index in [-0.39, 0.29) is 0 Å². The summed E-state index contributed by atoms with van der Waals surface area (Å²) in [5, 5.41) is 0. The lowest BCUT2D eigenvalue weighted by molar-refractivity contribution is 0.0216. The number of rotatable bonds is 4. The summed E-state index contributed by atoms with van der Waals surface area (Å²) in [7, 11) is 2.13. The van der Waals surface area contributed by atoms with Gasteiger partial charge in [0.1, 0.15) is 0 Å². The highest BCUT2D eigenvalue weighted by Crippen LogP contribution is 2.22. The highest BCUT2D eigenvalue weighted by Gasteiger charge is 2.17. The molecular formula is C15H24N2O. The third kappa shape index (κ3) is 3.24. The largest absolute Gasteiger partial charge is 0.376 e. The molecule has 18 heavy (non-hydrogen) atoms. The van der Waals surface area contributed by atoms with Crippen molar-refractivity contribution in [2.45, 2.75) is 38.8 Å². The smallest absolute Gasteiger partial charge is 0.0749 e. The SMILES string of the molecule is Cc1ccc(N(C)CC2CCCCO2)c(CN)c1. The second kappa shape index (κ2) is 6.21. The summed E-state index contributed by atoms with van der Waals surface area (Å²) in [6.07, 6.45) is 4.04. The van der Waals surface area contributed by atoms with Crippen molar-refractivity contribution in [1.29, 1.82) is 0 Å². The van der Waals surface area contributed by atoms with Gasteiger partial charge in [-0.05, 0) is 37.8 Å². The molecule has 1 heterocycles. The molecule has 0 aromatic heterocycles. The zero-order chi connectivity index (χ0) is 13.0. The maximum atomic E-state index is 5.83. The van der Waals surface area contributed by atoms with Gasteiger partial charge < -0.3 is 15.4 Å². The Bertz CT molecular complexity index is 386. The molecule has 3 heteroatoms. The summed E-state index contributed by atoms with van der Waals surface area (Å²) < 4.78 is 5.79. The van der Waals surface area contributed by atoms with Crippen molar-refractivity contribution in [2.24, 2.45) is 5.73 Å². The molecule has 1 unspecified atom stereocenters. The zero-order valence-corrected chi connectivity index (χ0v) is 11.5. The van der Waals surface area contributed by atoms with Crippen molar-refractivity contribution in [3.8, 4) is 0 Å². The molecule has 1 aromatic rings. The van der Waals surface area contributed by atoms with Crippen molar-refractivity contribution >= 4 is 5.69 Å². The number of aryl methyl sites for hydroxylation is 1. The molecule has 1 aromatic carbocycles. The predicted octanol–water partition coefficient (Wildman–Crippen LogP) is 2.46. The molecule has 2 rings (SSSR count). The van der Waals surface area contributed by atoms with E-state index in [1.54, 1.807) is 0 Å². The molecule has 0 spiro atoms. The first-order valence-corrected chi connectivity index (χ1v) is 6.83. The summed E-state index contributed by atoms with van der Waals surface area (Å²) in [6.45, 7) is 4.56. The van der Waals surface area contributed by atoms with Crippen LogP contribution in [0.5, 0.6) is 0 Å². The number of anilines is 1. The van der Waals surface area contributed by atoms with Crippen LogP contribution in [0.2, 0.25) is 0 Å². The van der Waals surface area contributed by atoms with Crippen molar-refractivity contribution in [3.63, 3.8) is 0 Å². The molecule has 1 saturated heterocycles. The Morgan fingerprint density at radius 2 is 2.22 bits per heavy atom. The van der Waals surface area contributed by atoms with Gasteiger partial charge >= 0.3 is 0 Å². The van der Waals surface area contributed by atoms with Crippen LogP contribution in [0.15, 0.2) is 18.2 Å². The third-order valence-corrected chi connectivity index (χ3v) is 3.62. The van der Waals surface area contributed by atoms with Crippen LogP contribution in [0.25, 0.3) is 0 Å². The number of nitrogens with two attached hydrogens (primary N) is 1. The molecule has 100 valence electrons. The van der Waals surface area contributed by atoms with Gasteiger partial charge in [0.05, 0.1) is 6.10 Å². The summed E-state index contributed by atoms with van der Waals surface area (Å²) in [5.74, 6) is 0. The van der Waals surface area contributed by atoms with Gasteiger partial charge in [-0.15, -0.1) is 0 Å². The molecule has 0 amide bonds. The van der Waals surface area contributed by atoms with E-state index >= 15 is 0 Å². The molecule has 3 nitrogen and oxygen atoms in total. The minimum Gasteiger partial charge on any atom is -0.376 e. The first-order valence-electron chi connectivity index (χ1n) is 6.83. The van der Waals surface area contributed by atoms with E-state index in [9.17, 15) is 0 Å². The molecule has 0 saturated carbocycles. The van der Waals surface area contributed by atoms with Gasteiger partial charge in [0.2, 0.25) is 0 Å². The quantitative estimate of drug-likeness (QED) is 0.889. The van der Waals surface area contributed by atoms with Gasteiger partial charge in [0.15, 0.2) is 0 Å². The second-order valence-electron chi connectivity index (χ2n) is 5.21. The Labute approximate surface area is 110 Å². The fourth-order valence-corrected chi connectivity index (χ4v) is 2.61. The van der Waals surface area contributed by atoms with Crippen LogP contribution in [-0.4, -0.2) is 26.3 Å². The van der Waals surface area contributed by atoms with Crippen LogP contribution in [-0.2, 0) is 11.3 Å². The van der Waals surface area contributed by atoms with Crippen molar-refractivity contribution < 1.29 is 4.74 Å². The van der Waals surface area contributed by atoms with Gasteiger partial charge in [-0.25, -0.2) is 0 Å². The number of likely N-dealkylation sites (N-methyl/N-ethyl adjacent to an activating group) is 1. The van der Waals surface area contributed by atoms with Crippen molar-refractivity contribution in [2.75, 3.05) is 25.1 Å². The van der Waals surface area contributed by atoms with E-state index < -0.39 is 0 Å². The van der Waals surface area contributed by atoms with E-state index in [4.69, 9.17) is 10.5 Å². The van der Waals surface area contributed by atoms with E-state index in [0.29, 0.717) is 12.6 Å². The predicted molar refractivity (Wildman–Crippen MR) is 75.9 cm³/mol. The first kappa shape index (κ1) is 13.4. The maximum Gasteiger partial charge on any atom is 0.0749 e. The van der Waals surface area contributed by atoms with Crippen LogP contribution in [0.1, 0.15) is 30.4 Å². The monoisotopic (exact) mass is 248 g/mol. The minimum atomic E-state index is 0.371. The van der Waals surface area contributed by atoms with E-state index in [0.717, 1.165) is 13.2 Å². The summed E-state index contributed by atoms with van der Waals surface area (Å²) in [4.78, 5) is 2.28. The van der Waals surface area contributed by atoms with Gasteiger partial charge in [-0.1, -0.05) is 17.7 Å². The van der Waals surface area contributed by atoms with Crippen LogP contribution in [0.4, 0.5) is 5.69 Å². The standard InChI is InChI=1S/C15H24N2O/c1-12-6-7-15(13(9-12)10-16)17(2)11-14-5-3-4-8-18-14/h6-7,9,14H,3-5,8,10-11,16H2,1-2H3. The van der Waals surface area contributed by atoms with Crippen LogP contribution in [0, 0.1) is 6.92 Å². The fraction of sp³-hybridized carbons (Fsp3) is 0.600. The molecule has 0 aliphatic carbocycles. The van der Waals surface area contributed by atoms with E-state index in [1.165, 1.54) is 36.1 Å². The minimum absolute atomic E-state index is 0.371. The van der Waals surface area contributed by atoms with Crippen molar-refractivity contribution in [1.82, 2.24) is 0 Å². The highest BCUT2D eigenvalue weighted by atomic mass is 16.5. The number of ether oxygens (including phenoxy) is 1. The fourth-order valence-electron chi connectivity index (χ4n) is 2.61. The van der Waals surface area contributed by atoms with E-state index in [1.807, 2.05) is 0 Å². The molecule has 0 radical (unpaired) electrons. The van der Waals surface area contributed by atoms with Gasteiger partial charge in [0, 0.05) is 32.4 Å². The van der Waals surface area contributed by atoms with Gasteiger partial charge in [-0.2, -0.15) is 0 Å². The molecule has 1 fully saturated rings. The summed E-state index contributed by atoms with van der Waals surface area (Å²) >= 11 is 0.